The van der Waals surface area contributed by atoms with Crippen molar-refractivity contribution in [1.29, 1.82) is 0 Å². The fourth-order valence-corrected chi connectivity index (χ4v) is 2.30. The Balaban J connectivity index is 2.63. The van der Waals surface area contributed by atoms with E-state index in [1.165, 1.54) is 0 Å². The lowest BCUT2D eigenvalue weighted by atomic mass is 10.0. The first-order chi connectivity index (χ1) is 9.60. The Labute approximate surface area is 122 Å². The van der Waals surface area contributed by atoms with Crippen LogP contribution in [0.25, 0.3) is 0 Å². The van der Waals surface area contributed by atoms with Crippen LogP contribution < -0.4 is 5.32 Å². The summed E-state index contributed by atoms with van der Waals surface area (Å²) < 4.78 is 10.7. The van der Waals surface area contributed by atoms with Crippen LogP contribution in [-0.2, 0) is 11.2 Å². The van der Waals surface area contributed by atoms with E-state index in [0.29, 0.717) is 23.7 Å². The summed E-state index contributed by atoms with van der Waals surface area (Å²) in [5, 5.41) is 7.59. The first-order valence-electron chi connectivity index (χ1n) is 7.69. The lowest BCUT2D eigenvalue weighted by Gasteiger charge is -2.18. The quantitative estimate of drug-likeness (QED) is 0.715. The molecule has 1 N–H and O–H groups in total. The van der Waals surface area contributed by atoms with Crippen molar-refractivity contribution in [1.82, 2.24) is 15.5 Å². The molecule has 0 spiro atoms. The summed E-state index contributed by atoms with van der Waals surface area (Å²) in [7, 11) is 1.68. The molecule has 1 aromatic rings. The Kier molecular flexibility index (Phi) is 7.77. The third-order valence-corrected chi connectivity index (χ3v) is 3.29. The summed E-state index contributed by atoms with van der Waals surface area (Å²) in [4.78, 5) is 4.46. The normalized spacial score (nSPS) is 14.7. The molecule has 2 atom stereocenters. The zero-order valence-corrected chi connectivity index (χ0v) is 13.5. The summed E-state index contributed by atoms with van der Waals surface area (Å²) in [5.74, 6) is 2.00. The van der Waals surface area contributed by atoms with Gasteiger partial charge in [-0.1, -0.05) is 32.9 Å². The van der Waals surface area contributed by atoms with Gasteiger partial charge in [-0.15, -0.1) is 0 Å². The van der Waals surface area contributed by atoms with Gasteiger partial charge in [0.1, 0.15) is 6.10 Å². The van der Waals surface area contributed by atoms with Crippen molar-refractivity contribution < 1.29 is 9.26 Å². The van der Waals surface area contributed by atoms with Crippen LogP contribution in [0.15, 0.2) is 4.52 Å². The highest BCUT2D eigenvalue weighted by Gasteiger charge is 2.19. The van der Waals surface area contributed by atoms with Gasteiger partial charge in [0.05, 0.1) is 0 Å². The average molecular weight is 283 g/mol. The molecule has 0 aliphatic heterocycles. The van der Waals surface area contributed by atoms with Crippen molar-refractivity contribution in [2.75, 3.05) is 13.7 Å². The summed E-state index contributed by atoms with van der Waals surface area (Å²) in [6, 6.07) is 0.394. The monoisotopic (exact) mass is 283 g/mol. The van der Waals surface area contributed by atoms with E-state index in [9.17, 15) is 0 Å². The summed E-state index contributed by atoms with van der Waals surface area (Å²) >= 11 is 0. The second-order valence-corrected chi connectivity index (χ2v) is 5.66. The minimum absolute atomic E-state index is 0.0698. The minimum Gasteiger partial charge on any atom is -0.373 e. The standard InChI is InChI=1S/C15H29N3O2/c1-6-8-16-12(9-11(3)4)10-14-17-15(18-20-14)13(7-2)19-5/h11-13,16H,6-10H2,1-5H3. The zero-order valence-electron chi connectivity index (χ0n) is 13.5. The predicted molar refractivity (Wildman–Crippen MR) is 79.6 cm³/mol. The van der Waals surface area contributed by atoms with Gasteiger partial charge in [0.15, 0.2) is 0 Å². The van der Waals surface area contributed by atoms with Gasteiger partial charge < -0.3 is 14.6 Å². The topological polar surface area (TPSA) is 60.2 Å². The highest BCUT2D eigenvalue weighted by Crippen LogP contribution is 2.18. The lowest BCUT2D eigenvalue weighted by Crippen LogP contribution is -2.33. The van der Waals surface area contributed by atoms with Crippen LogP contribution in [0, 0.1) is 5.92 Å². The van der Waals surface area contributed by atoms with Gasteiger partial charge in [-0.2, -0.15) is 4.98 Å². The van der Waals surface area contributed by atoms with E-state index in [1.54, 1.807) is 7.11 Å². The van der Waals surface area contributed by atoms with Crippen LogP contribution >= 0.6 is 0 Å². The largest absolute Gasteiger partial charge is 0.373 e. The van der Waals surface area contributed by atoms with Crippen LogP contribution in [0.2, 0.25) is 0 Å². The minimum atomic E-state index is -0.0698. The molecule has 116 valence electrons. The van der Waals surface area contributed by atoms with Crippen LogP contribution in [0.3, 0.4) is 0 Å². The molecule has 5 nitrogen and oxygen atoms in total. The van der Waals surface area contributed by atoms with Gasteiger partial charge in [-0.25, -0.2) is 0 Å². The van der Waals surface area contributed by atoms with Crippen LogP contribution in [0.4, 0.5) is 0 Å². The fraction of sp³-hybridized carbons (Fsp3) is 0.867. The molecule has 0 saturated carbocycles. The van der Waals surface area contributed by atoms with Crippen molar-refractivity contribution >= 4 is 0 Å². The van der Waals surface area contributed by atoms with Crippen LogP contribution in [0.5, 0.6) is 0 Å². The molecule has 0 aliphatic rings. The van der Waals surface area contributed by atoms with Gasteiger partial charge >= 0.3 is 0 Å². The third kappa shape index (κ3) is 5.59. The van der Waals surface area contributed by atoms with Gasteiger partial charge in [-0.3, -0.25) is 0 Å². The number of nitrogens with zero attached hydrogens (tertiary/aromatic N) is 2. The number of nitrogens with one attached hydrogen (secondary N) is 1. The maximum Gasteiger partial charge on any atom is 0.228 e. The number of aromatic nitrogens is 2. The van der Waals surface area contributed by atoms with Crippen molar-refractivity contribution in [3.05, 3.63) is 11.7 Å². The first kappa shape index (κ1) is 17.1. The zero-order chi connectivity index (χ0) is 15.0. The van der Waals surface area contributed by atoms with E-state index in [-0.39, 0.29) is 6.10 Å². The molecule has 0 amide bonds. The molecule has 0 bridgehead atoms. The van der Waals surface area contributed by atoms with E-state index in [4.69, 9.17) is 9.26 Å². The lowest BCUT2D eigenvalue weighted by molar-refractivity contribution is 0.0903. The van der Waals surface area contributed by atoms with E-state index < -0.39 is 0 Å². The number of ether oxygens (including phenoxy) is 1. The number of rotatable bonds is 10. The smallest absolute Gasteiger partial charge is 0.228 e. The summed E-state index contributed by atoms with van der Waals surface area (Å²) in [6.45, 7) is 9.72. The second-order valence-electron chi connectivity index (χ2n) is 5.66. The number of hydrogen-bond donors (Lipinski definition) is 1. The summed E-state index contributed by atoms with van der Waals surface area (Å²) in [6.07, 6.45) is 3.80. The van der Waals surface area contributed by atoms with E-state index in [2.05, 4.69) is 43.2 Å². The SMILES string of the molecule is CCCNC(Cc1nc(C(CC)OC)no1)CC(C)C. The van der Waals surface area contributed by atoms with E-state index in [0.717, 1.165) is 32.2 Å². The Bertz CT molecular complexity index is 362. The predicted octanol–water partition coefficient (Wildman–Crippen LogP) is 3.12. The highest BCUT2D eigenvalue weighted by molar-refractivity contribution is 4.93. The molecule has 2 unspecified atom stereocenters. The molecule has 0 radical (unpaired) electrons. The van der Waals surface area contributed by atoms with Crippen LogP contribution in [-0.4, -0.2) is 29.8 Å². The molecule has 1 heterocycles. The van der Waals surface area contributed by atoms with E-state index >= 15 is 0 Å². The highest BCUT2D eigenvalue weighted by atomic mass is 16.5. The average Bonchev–Trinajstić information content (AvgIpc) is 2.85. The Morgan fingerprint density at radius 2 is 2.05 bits per heavy atom. The molecule has 1 rings (SSSR count). The molecule has 0 saturated heterocycles. The maximum atomic E-state index is 5.36. The van der Waals surface area contributed by atoms with Gasteiger partial charge in [-0.05, 0) is 31.7 Å². The third-order valence-electron chi connectivity index (χ3n) is 3.29. The molecule has 20 heavy (non-hydrogen) atoms. The van der Waals surface area contributed by atoms with Crippen molar-refractivity contribution in [3.63, 3.8) is 0 Å². The first-order valence-corrected chi connectivity index (χ1v) is 7.69. The van der Waals surface area contributed by atoms with Crippen molar-refractivity contribution in [3.8, 4) is 0 Å². The molecule has 1 aromatic heterocycles. The van der Waals surface area contributed by atoms with Gasteiger partial charge in [0.25, 0.3) is 0 Å². The Hall–Kier alpha value is -0.940. The molecular formula is C15H29N3O2. The molecule has 0 aliphatic carbocycles. The molecule has 0 fully saturated rings. The Morgan fingerprint density at radius 3 is 2.60 bits per heavy atom. The molecule has 5 heteroatoms. The van der Waals surface area contributed by atoms with Crippen LogP contribution in [0.1, 0.15) is 64.8 Å². The molecular weight excluding hydrogens is 254 g/mol. The molecule has 0 aromatic carbocycles. The number of methoxy groups -OCH3 is 1. The fourth-order valence-electron chi connectivity index (χ4n) is 2.30. The number of hydrogen-bond acceptors (Lipinski definition) is 5. The van der Waals surface area contributed by atoms with Gasteiger partial charge in [0, 0.05) is 19.6 Å². The van der Waals surface area contributed by atoms with Crippen molar-refractivity contribution in [2.45, 2.75) is 65.5 Å². The van der Waals surface area contributed by atoms with E-state index in [1.807, 2.05) is 0 Å². The van der Waals surface area contributed by atoms with Crippen molar-refractivity contribution in [2.24, 2.45) is 5.92 Å². The maximum absolute atomic E-state index is 5.36. The van der Waals surface area contributed by atoms with Gasteiger partial charge in [0.2, 0.25) is 11.7 Å². The Morgan fingerprint density at radius 1 is 1.30 bits per heavy atom. The summed E-state index contributed by atoms with van der Waals surface area (Å²) in [5.41, 5.74) is 0. The second kappa shape index (κ2) is 9.08.